The molecule has 20 heavy (non-hydrogen) atoms. The summed E-state index contributed by atoms with van der Waals surface area (Å²) in [6, 6.07) is 0. The number of rotatable bonds is 6. The first-order valence-electron chi connectivity index (χ1n) is 7.46. The molecule has 0 aromatic carbocycles. The van der Waals surface area contributed by atoms with Crippen LogP contribution in [0.15, 0.2) is 4.99 Å². The van der Waals surface area contributed by atoms with E-state index in [2.05, 4.69) is 16.8 Å². The number of aliphatic imine (C=N–C) groups is 1. The van der Waals surface area contributed by atoms with E-state index < -0.39 is 6.10 Å². The number of hydrogen-bond acceptors (Lipinski definition) is 3. The predicted molar refractivity (Wildman–Crippen MR) is 91.4 cm³/mol. The Balaban J connectivity index is 0.00000200. The van der Waals surface area contributed by atoms with Crippen LogP contribution in [-0.4, -0.2) is 54.9 Å². The van der Waals surface area contributed by atoms with Crippen molar-refractivity contribution in [2.24, 2.45) is 22.6 Å². The highest BCUT2D eigenvalue weighted by Crippen LogP contribution is 2.28. The summed E-state index contributed by atoms with van der Waals surface area (Å²) in [5.41, 5.74) is 5.97. The second kappa shape index (κ2) is 9.04. The van der Waals surface area contributed by atoms with Crippen molar-refractivity contribution in [2.75, 3.05) is 32.8 Å². The maximum absolute atomic E-state index is 9.78. The van der Waals surface area contributed by atoms with E-state index in [-0.39, 0.29) is 24.0 Å². The largest absolute Gasteiger partial charge is 0.389 e. The van der Waals surface area contributed by atoms with Gasteiger partial charge in [-0.1, -0.05) is 6.92 Å². The molecule has 0 bridgehead atoms. The first-order chi connectivity index (χ1) is 9.15. The van der Waals surface area contributed by atoms with Crippen LogP contribution in [0, 0.1) is 11.8 Å². The molecule has 2 fully saturated rings. The van der Waals surface area contributed by atoms with Gasteiger partial charge in [0.15, 0.2) is 5.96 Å². The average Bonchev–Trinajstić information content (AvgIpc) is 3.20. The first kappa shape index (κ1) is 18.0. The fourth-order valence-corrected chi connectivity index (χ4v) is 2.40. The zero-order chi connectivity index (χ0) is 13.7. The van der Waals surface area contributed by atoms with Gasteiger partial charge in [0.1, 0.15) is 0 Å². The second-order valence-corrected chi connectivity index (χ2v) is 6.03. The van der Waals surface area contributed by atoms with Crippen LogP contribution < -0.4 is 5.73 Å². The van der Waals surface area contributed by atoms with Crippen molar-refractivity contribution < 1.29 is 9.84 Å². The summed E-state index contributed by atoms with van der Waals surface area (Å²) in [4.78, 5) is 6.40. The van der Waals surface area contributed by atoms with Crippen LogP contribution in [-0.2, 0) is 4.74 Å². The quantitative estimate of drug-likeness (QED) is 0.404. The lowest BCUT2D eigenvalue weighted by Gasteiger charge is -2.31. The molecule has 1 heterocycles. The lowest BCUT2D eigenvalue weighted by molar-refractivity contribution is 0.0367. The molecule has 0 radical (unpaired) electrons. The minimum absolute atomic E-state index is 0. The van der Waals surface area contributed by atoms with E-state index in [4.69, 9.17) is 10.5 Å². The number of guanidine groups is 1. The van der Waals surface area contributed by atoms with Crippen LogP contribution in [0.3, 0.4) is 0 Å². The minimum atomic E-state index is -0.542. The van der Waals surface area contributed by atoms with Crippen LogP contribution in [0.5, 0.6) is 0 Å². The fraction of sp³-hybridized carbons (Fsp3) is 0.929. The Morgan fingerprint density at radius 1 is 1.45 bits per heavy atom. The number of nitrogens with zero attached hydrogens (tertiary/aromatic N) is 2. The third-order valence-electron chi connectivity index (χ3n) is 3.81. The number of hydrogen-bond donors (Lipinski definition) is 2. The number of halogens is 1. The summed E-state index contributed by atoms with van der Waals surface area (Å²) < 4.78 is 5.44. The molecule has 2 aliphatic rings. The Labute approximate surface area is 139 Å². The van der Waals surface area contributed by atoms with E-state index in [1.165, 1.54) is 25.7 Å². The van der Waals surface area contributed by atoms with E-state index in [9.17, 15) is 5.11 Å². The molecule has 2 rings (SSSR count). The van der Waals surface area contributed by atoms with Crippen molar-refractivity contribution in [3.8, 4) is 0 Å². The smallest absolute Gasteiger partial charge is 0.191 e. The Bertz CT molecular complexity index is 311. The van der Waals surface area contributed by atoms with Crippen molar-refractivity contribution in [1.29, 1.82) is 0 Å². The van der Waals surface area contributed by atoms with Gasteiger partial charge in [-0.05, 0) is 37.5 Å². The molecule has 6 heteroatoms. The zero-order valence-electron chi connectivity index (χ0n) is 12.3. The molecular weight excluding hydrogens is 369 g/mol. The van der Waals surface area contributed by atoms with E-state index >= 15 is 0 Å². The van der Waals surface area contributed by atoms with Crippen molar-refractivity contribution in [3.05, 3.63) is 0 Å². The molecule has 3 N–H and O–H groups in total. The van der Waals surface area contributed by atoms with Gasteiger partial charge in [0, 0.05) is 19.7 Å². The molecule has 0 aromatic rings. The molecule has 5 nitrogen and oxygen atoms in total. The van der Waals surface area contributed by atoms with Gasteiger partial charge in [0.25, 0.3) is 0 Å². The molecule has 1 aliphatic heterocycles. The third-order valence-corrected chi connectivity index (χ3v) is 3.81. The van der Waals surface area contributed by atoms with Crippen LogP contribution >= 0.6 is 24.0 Å². The number of likely N-dealkylation sites (tertiary alicyclic amines) is 1. The molecule has 1 saturated carbocycles. The van der Waals surface area contributed by atoms with Gasteiger partial charge in [-0.25, -0.2) is 0 Å². The van der Waals surface area contributed by atoms with Crippen LogP contribution in [0.2, 0.25) is 0 Å². The lowest BCUT2D eigenvalue weighted by Crippen LogP contribution is -2.44. The summed E-state index contributed by atoms with van der Waals surface area (Å²) in [7, 11) is 0. The van der Waals surface area contributed by atoms with Gasteiger partial charge in [-0.3, -0.25) is 4.99 Å². The lowest BCUT2D eigenvalue weighted by atomic mass is 10.0. The van der Waals surface area contributed by atoms with E-state index in [0.29, 0.717) is 25.0 Å². The van der Waals surface area contributed by atoms with E-state index in [1.54, 1.807) is 0 Å². The van der Waals surface area contributed by atoms with Gasteiger partial charge in [-0.2, -0.15) is 0 Å². The zero-order valence-corrected chi connectivity index (χ0v) is 14.7. The maximum atomic E-state index is 9.78. The van der Waals surface area contributed by atoms with Crippen molar-refractivity contribution in [3.63, 3.8) is 0 Å². The van der Waals surface area contributed by atoms with Crippen LogP contribution in [0.1, 0.15) is 32.6 Å². The Hall–Kier alpha value is -0.0800. The van der Waals surface area contributed by atoms with Gasteiger partial charge in [0.2, 0.25) is 0 Å². The average molecular weight is 397 g/mol. The standard InChI is InChI=1S/C14H27N3O2.HI/c1-11-3-2-6-17(8-11)14(15)16-7-13(18)10-19-9-12-4-5-12;/h11-13,18H,2-10H2,1H3,(H2,15,16);1H. The van der Waals surface area contributed by atoms with Crippen molar-refractivity contribution >= 4 is 29.9 Å². The summed E-state index contributed by atoms with van der Waals surface area (Å²) >= 11 is 0. The molecule has 118 valence electrons. The second-order valence-electron chi connectivity index (χ2n) is 6.03. The summed E-state index contributed by atoms with van der Waals surface area (Å²) in [6.07, 6.45) is 4.44. The number of aliphatic hydroxyl groups excluding tert-OH is 1. The highest BCUT2D eigenvalue weighted by atomic mass is 127. The number of ether oxygens (including phenoxy) is 1. The number of piperidine rings is 1. The Morgan fingerprint density at radius 2 is 2.20 bits per heavy atom. The molecule has 2 atom stereocenters. The Morgan fingerprint density at radius 3 is 2.85 bits per heavy atom. The van der Waals surface area contributed by atoms with Gasteiger partial charge in [0.05, 0.1) is 19.3 Å². The summed E-state index contributed by atoms with van der Waals surface area (Å²) in [5, 5.41) is 9.78. The summed E-state index contributed by atoms with van der Waals surface area (Å²) in [6.45, 7) is 5.67. The number of nitrogens with two attached hydrogens (primary N) is 1. The fourth-order valence-electron chi connectivity index (χ4n) is 2.40. The van der Waals surface area contributed by atoms with Crippen LogP contribution in [0.25, 0.3) is 0 Å². The molecule has 1 aliphatic carbocycles. The summed E-state index contributed by atoms with van der Waals surface area (Å²) in [5.74, 6) is 1.97. The SMILES string of the molecule is CC1CCCN(C(N)=NCC(O)COCC2CC2)C1.I. The van der Waals surface area contributed by atoms with Gasteiger partial charge >= 0.3 is 0 Å². The first-order valence-corrected chi connectivity index (χ1v) is 7.46. The molecule has 2 unspecified atom stereocenters. The van der Waals surface area contributed by atoms with Gasteiger partial charge in [-0.15, -0.1) is 24.0 Å². The van der Waals surface area contributed by atoms with Crippen molar-refractivity contribution in [2.45, 2.75) is 38.7 Å². The van der Waals surface area contributed by atoms with E-state index in [1.807, 2.05) is 0 Å². The molecule has 1 saturated heterocycles. The predicted octanol–water partition coefficient (Wildman–Crippen LogP) is 1.44. The molecule has 0 amide bonds. The molecule has 0 spiro atoms. The minimum Gasteiger partial charge on any atom is -0.389 e. The van der Waals surface area contributed by atoms with E-state index in [0.717, 1.165) is 25.6 Å². The van der Waals surface area contributed by atoms with Crippen LogP contribution in [0.4, 0.5) is 0 Å². The monoisotopic (exact) mass is 397 g/mol. The highest BCUT2D eigenvalue weighted by Gasteiger charge is 2.21. The molecule has 0 aromatic heterocycles. The Kier molecular flexibility index (Phi) is 8.13. The van der Waals surface area contributed by atoms with Crippen molar-refractivity contribution in [1.82, 2.24) is 4.90 Å². The molecular formula is C14H28IN3O2. The highest BCUT2D eigenvalue weighted by molar-refractivity contribution is 14.0. The maximum Gasteiger partial charge on any atom is 0.191 e. The number of aliphatic hydroxyl groups is 1. The third kappa shape index (κ3) is 6.58. The van der Waals surface area contributed by atoms with Gasteiger partial charge < -0.3 is 20.5 Å². The normalized spacial score (nSPS) is 25.2. The topological polar surface area (TPSA) is 71.1 Å².